The topological polar surface area (TPSA) is 66.8 Å². The van der Waals surface area contributed by atoms with Crippen molar-refractivity contribution in [2.45, 2.75) is 96.1 Å². The van der Waals surface area contributed by atoms with Gasteiger partial charge in [0.25, 0.3) is 0 Å². The van der Waals surface area contributed by atoms with Crippen LogP contribution in [0.4, 0.5) is 0 Å². The number of carbonyl (C=O) groups excluding carboxylic acids is 2. The monoisotopic (exact) mass is 379 g/mol. The van der Waals surface area contributed by atoms with Crippen molar-refractivity contribution in [2.75, 3.05) is 13.2 Å². The summed E-state index contributed by atoms with van der Waals surface area (Å²) in [5.41, 5.74) is 0. The van der Waals surface area contributed by atoms with Gasteiger partial charge in [-0.15, -0.1) is 0 Å². The summed E-state index contributed by atoms with van der Waals surface area (Å²) >= 11 is 0. The number of aliphatic hydroxyl groups is 1. The Labute approximate surface area is 164 Å². The Balaban J connectivity index is 1.67. The second kappa shape index (κ2) is 12.2. The normalized spacial score (nSPS) is 22.5. The third kappa shape index (κ3) is 7.65. The first-order valence-electron chi connectivity index (χ1n) is 10.9. The van der Waals surface area contributed by atoms with E-state index in [0.717, 1.165) is 51.5 Å². The number of esters is 1. The maximum Gasteiger partial charge on any atom is 0.305 e. The molecule has 0 bridgehead atoms. The van der Waals surface area contributed by atoms with Crippen LogP contribution in [-0.2, 0) is 14.3 Å². The zero-order valence-corrected chi connectivity index (χ0v) is 16.9. The molecule has 0 spiro atoms. The molecule has 2 aliphatic rings. The number of amides is 1. The van der Waals surface area contributed by atoms with Crippen molar-refractivity contribution >= 4 is 11.9 Å². The lowest BCUT2D eigenvalue weighted by molar-refractivity contribution is -0.143. The Morgan fingerprint density at radius 1 is 1.19 bits per heavy atom. The van der Waals surface area contributed by atoms with Gasteiger partial charge in [-0.1, -0.05) is 44.3 Å². The second-order valence-corrected chi connectivity index (χ2v) is 7.94. The number of rotatable bonds is 11. The Kier molecular flexibility index (Phi) is 9.89. The summed E-state index contributed by atoms with van der Waals surface area (Å²) in [4.78, 5) is 25.5. The van der Waals surface area contributed by atoms with E-state index >= 15 is 0 Å². The highest BCUT2D eigenvalue weighted by Crippen LogP contribution is 2.28. The predicted octanol–water partition coefficient (Wildman–Crippen LogP) is 3.99. The number of aliphatic hydroxyl groups excluding tert-OH is 1. The molecule has 0 radical (unpaired) electrons. The molecule has 27 heavy (non-hydrogen) atoms. The number of unbranched alkanes of at least 4 members (excludes halogenated alkanes) is 3. The Hall–Kier alpha value is -1.36. The van der Waals surface area contributed by atoms with Gasteiger partial charge in [-0.2, -0.15) is 0 Å². The maximum atomic E-state index is 12.2. The molecule has 2 atom stereocenters. The third-order valence-corrected chi connectivity index (χ3v) is 5.87. The molecule has 1 unspecified atom stereocenters. The van der Waals surface area contributed by atoms with Crippen LogP contribution >= 0.6 is 0 Å². The highest BCUT2D eigenvalue weighted by molar-refractivity contribution is 5.79. The van der Waals surface area contributed by atoms with Gasteiger partial charge in [-0.25, -0.2) is 0 Å². The van der Waals surface area contributed by atoms with Gasteiger partial charge in [0.1, 0.15) is 0 Å². The fourth-order valence-corrected chi connectivity index (χ4v) is 4.26. The smallest absolute Gasteiger partial charge is 0.305 e. The average Bonchev–Trinajstić information content (AvgIpc) is 3.03. The average molecular weight is 380 g/mol. The van der Waals surface area contributed by atoms with Gasteiger partial charge in [0, 0.05) is 19.4 Å². The third-order valence-electron chi connectivity index (χ3n) is 5.87. The van der Waals surface area contributed by atoms with Crippen molar-refractivity contribution in [3.63, 3.8) is 0 Å². The fourth-order valence-electron chi connectivity index (χ4n) is 4.26. The van der Waals surface area contributed by atoms with E-state index in [-0.39, 0.29) is 24.0 Å². The Morgan fingerprint density at radius 3 is 2.67 bits per heavy atom. The van der Waals surface area contributed by atoms with Crippen molar-refractivity contribution in [3.8, 4) is 0 Å². The lowest BCUT2D eigenvalue weighted by Gasteiger charge is -2.26. The summed E-state index contributed by atoms with van der Waals surface area (Å²) in [5.74, 6) is 0.497. The molecule has 5 heteroatoms. The molecule has 1 amide bonds. The highest BCUT2D eigenvalue weighted by Gasteiger charge is 2.29. The highest BCUT2D eigenvalue weighted by atomic mass is 16.5. The standard InChI is InChI=1S/C22H37NO4/c1-2-27-22(26)12-8-3-4-9-17-23-19(14-16-21(23)25)13-15-20(24)18-10-6-5-7-11-18/h13,15,18-20,24H,2-12,14,16-17H2,1H3/t19-,20?/m0/s1. The number of nitrogens with zero attached hydrogens (tertiary/aromatic N) is 1. The van der Waals surface area contributed by atoms with Crippen molar-refractivity contribution in [1.29, 1.82) is 0 Å². The first-order chi connectivity index (χ1) is 13.1. The molecular formula is C22H37NO4. The number of hydrogen-bond acceptors (Lipinski definition) is 4. The van der Waals surface area contributed by atoms with Crippen molar-refractivity contribution < 1.29 is 19.4 Å². The van der Waals surface area contributed by atoms with Gasteiger partial charge in [-0.3, -0.25) is 9.59 Å². The van der Waals surface area contributed by atoms with Gasteiger partial charge in [0.2, 0.25) is 5.91 Å². The van der Waals surface area contributed by atoms with E-state index in [1.807, 2.05) is 17.9 Å². The summed E-state index contributed by atoms with van der Waals surface area (Å²) in [6.07, 6.45) is 15.4. The van der Waals surface area contributed by atoms with Crippen LogP contribution < -0.4 is 0 Å². The van der Waals surface area contributed by atoms with Crippen molar-refractivity contribution in [1.82, 2.24) is 4.90 Å². The lowest BCUT2D eigenvalue weighted by atomic mass is 9.85. The molecule has 0 aromatic rings. The van der Waals surface area contributed by atoms with E-state index in [2.05, 4.69) is 6.08 Å². The van der Waals surface area contributed by atoms with Crippen LogP contribution in [0, 0.1) is 5.92 Å². The maximum absolute atomic E-state index is 12.2. The molecule has 1 heterocycles. The SMILES string of the molecule is CCOC(=O)CCCCCCN1C(=O)CC[C@@H]1C=CC(O)C1CCCCC1. The number of carbonyl (C=O) groups is 2. The minimum absolute atomic E-state index is 0.117. The van der Waals surface area contributed by atoms with E-state index in [4.69, 9.17) is 4.74 Å². The van der Waals surface area contributed by atoms with Crippen LogP contribution in [0.25, 0.3) is 0 Å². The van der Waals surface area contributed by atoms with E-state index in [9.17, 15) is 14.7 Å². The van der Waals surface area contributed by atoms with E-state index in [0.29, 0.717) is 25.4 Å². The van der Waals surface area contributed by atoms with Gasteiger partial charge >= 0.3 is 5.97 Å². The predicted molar refractivity (Wildman–Crippen MR) is 106 cm³/mol. The molecule has 1 aliphatic carbocycles. The number of likely N-dealkylation sites (tertiary alicyclic amines) is 1. The molecule has 0 aromatic carbocycles. The Morgan fingerprint density at radius 2 is 1.93 bits per heavy atom. The molecule has 0 aromatic heterocycles. The molecule has 2 rings (SSSR count). The molecule has 154 valence electrons. The zero-order chi connectivity index (χ0) is 19.5. The number of ether oxygens (including phenoxy) is 1. The van der Waals surface area contributed by atoms with Crippen molar-refractivity contribution in [2.24, 2.45) is 5.92 Å². The molecule has 1 saturated carbocycles. The lowest BCUT2D eigenvalue weighted by Crippen LogP contribution is -2.33. The van der Waals surface area contributed by atoms with Gasteiger partial charge in [0.15, 0.2) is 0 Å². The summed E-state index contributed by atoms with van der Waals surface area (Å²) < 4.78 is 4.93. The van der Waals surface area contributed by atoms with Crippen LogP contribution in [0.15, 0.2) is 12.2 Å². The Bertz CT molecular complexity index is 485. The van der Waals surface area contributed by atoms with Gasteiger partial charge in [0.05, 0.1) is 18.8 Å². The molecule has 1 saturated heterocycles. The van der Waals surface area contributed by atoms with E-state index < -0.39 is 0 Å². The van der Waals surface area contributed by atoms with E-state index in [1.54, 1.807) is 0 Å². The second-order valence-electron chi connectivity index (χ2n) is 7.94. The molecule has 2 fully saturated rings. The van der Waals surface area contributed by atoms with Crippen LogP contribution in [0.3, 0.4) is 0 Å². The molecular weight excluding hydrogens is 342 g/mol. The molecule has 1 N–H and O–H groups in total. The van der Waals surface area contributed by atoms with Crippen molar-refractivity contribution in [3.05, 3.63) is 12.2 Å². The van der Waals surface area contributed by atoms with Gasteiger partial charge < -0.3 is 14.7 Å². The number of hydrogen-bond donors (Lipinski definition) is 1. The first kappa shape index (κ1) is 21.9. The summed E-state index contributed by atoms with van der Waals surface area (Å²) in [6, 6.07) is 0.135. The fraction of sp³-hybridized carbons (Fsp3) is 0.818. The first-order valence-corrected chi connectivity index (χ1v) is 10.9. The quantitative estimate of drug-likeness (QED) is 0.335. The van der Waals surface area contributed by atoms with Crippen LogP contribution in [-0.4, -0.2) is 47.2 Å². The minimum atomic E-state index is -0.370. The van der Waals surface area contributed by atoms with Crippen LogP contribution in [0.1, 0.15) is 84.0 Å². The zero-order valence-electron chi connectivity index (χ0n) is 16.9. The van der Waals surface area contributed by atoms with E-state index in [1.165, 1.54) is 19.3 Å². The summed E-state index contributed by atoms with van der Waals surface area (Å²) in [5, 5.41) is 10.4. The van der Waals surface area contributed by atoms with Crippen LogP contribution in [0.2, 0.25) is 0 Å². The summed E-state index contributed by atoms with van der Waals surface area (Å²) in [6.45, 7) is 3.04. The molecule has 5 nitrogen and oxygen atoms in total. The molecule has 1 aliphatic heterocycles. The minimum Gasteiger partial charge on any atom is -0.466 e. The largest absolute Gasteiger partial charge is 0.466 e. The summed E-state index contributed by atoms with van der Waals surface area (Å²) in [7, 11) is 0. The van der Waals surface area contributed by atoms with Gasteiger partial charge in [-0.05, 0) is 44.9 Å². The van der Waals surface area contributed by atoms with Crippen LogP contribution in [0.5, 0.6) is 0 Å².